The molecule has 1 aliphatic heterocycles. The van der Waals surface area contributed by atoms with E-state index in [1.54, 1.807) is 0 Å². The quantitative estimate of drug-likeness (QED) is 0.200. The van der Waals surface area contributed by atoms with E-state index >= 15 is 0 Å². The molecule has 1 aliphatic rings. The average Bonchev–Trinajstić information content (AvgIpc) is 3.50. The van der Waals surface area contributed by atoms with Crippen LogP contribution < -0.4 is 4.90 Å². The van der Waals surface area contributed by atoms with Crippen LogP contribution in [0.3, 0.4) is 0 Å². The third kappa shape index (κ3) is 4.46. The first-order valence-corrected chi connectivity index (χ1v) is 16.1. The van der Waals surface area contributed by atoms with Gasteiger partial charge in [-0.05, 0) is 64.7 Å². The molecule has 47 heavy (non-hydrogen) atoms. The van der Waals surface area contributed by atoms with E-state index in [-0.39, 0.29) is 5.41 Å². The second-order valence-corrected chi connectivity index (χ2v) is 12.8. The van der Waals surface area contributed by atoms with Crippen molar-refractivity contribution in [3.63, 3.8) is 0 Å². The van der Waals surface area contributed by atoms with Crippen molar-refractivity contribution in [1.29, 1.82) is 0 Å². The van der Waals surface area contributed by atoms with Crippen molar-refractivity contribution in [2.24, 2.45) is 0 Å². The van der Waals surface area contributed by atoms with Gasteiger partial charge in [0.2, 0.25) is 0 Å². The number of rotatable bonds is 4. The highest BCUT2D eigenvalue weighted by Crippen LogP contribution is 2.53. The fraction of sp³-hybridized carbons (Fsp3) is 0.0682. The number of para-hydroxylation sites is 2. The van der Waals surface area contributed by atoms with Crippen LogP contribution in [0.2, 0.25) is 0 Å². The number of hydrogen-bond acceptors (Lipinski definition) is 3. The SMILES string of the molecule is CC1(C)c2ccccc2N(c2ccc(-c3cc(-c4ccccc4)nc(-c4ccccc4)c3)cc2)c2cc3oc4ccccc4c3cc21. The van der Waals surface area contributed by atoms with Crippen LogP contribution in [0.15, 0.2) is 162 Å². The molecular formula is C44H32N2O. The van der Waals surface area contributed by atoms with Crippen LogP contribution in [-0.4, -0.2) is 4.98 Å². The molecule has 0 aliphatic carbocycles. The van der Waals surface area contributed by atoms with E-state index in [1.165, 1.54) is 16.8 Å². The lowest BCUT2D eigenvalue weighted by atomic mass is 9.73. The van der Waals surface area contributed by atoms with E-state index in [2.05, 4.69) is 158 Å². The molecule has 0 radical (unpaired) electrons. The van der Waals surface area contributed by atoms with Gasteiger partial charge in [0.25, 0.3) is 0 Å². The molecule has 0 bridgehead atoms. The summed E-state index contributed by atoms with van der Waals surface area (Å²) < 4.78 is 6.40. The first-order valence-electron chi connectivity index (χ1n) is 16.1. The maximum absolute atomic E-state index is 6.40. The minimum Gasteiger partial charge on any atom is -0.456 e. The van der Waals surface area contributed by atoms with Gasteiger partial charge < -0.3 is 9.32 Å². The number of anilines is 3. The van der Waals surface area contributed by atoms with E-state index in [9.17, 15) is 0 Å². The molecule has 0 N–H and O–H groups in total. The van der Waals surface area contributed by atoms with Crippen molar-refractivity contribution in [3.8, 4) is 33.6 Å². The highest BCUT2D eigenvalue weighted by Gasteiger charge is 2.37. The fourth-order valence-corrected chi connectivity index (χ4v) is 7.21. The molecule has 3 heterocycles. The number of aromatic nitrogens is 1. The van der Waals surface area contributed by atoms with Crippen molar-refractivity contribution in [2.75, 3.05) is 4.90 Å². The number of hydrogen-bond donors (Lipinski definition) is 0. The summed E-state index contributed by atoms with van der Waals surface area (Å²) in [5.41, 5.74) is 14.1. The van der Waals surface area contributed by atoms with Crippen molar-refractivity contribution >= 4 is 39.0 Å². The molecular weight excluding hydrogens is 572 g/mol. The molecule has 0 amide bonds. The lowest BCUT2D eigenvalue weighted by Crippen LogP contribution is -2.30. The maximum Gasteiger partial charge on any atom is 0.137 e. The zero-order chi connectivity index (χ0) is 31.5. The highest BCUT2D eigenvalue weighted by atomic mass is 16.3. The largest absolute Gasteiger partial charge is 0.456 e. The monoisotopic (exact) mass is 604 g/mol. The third-order valence-electron chi connectivity index (χ3n) is 9.65. The first kappa shape index (κ1) is 27.4. The Morgan fingerprint density at radius 2 is 1.09 bits per heavy atom. The standard InChI is InChI=1S/C44H32N2O/c1-44(2)36-18-10-11-19-40(36)46(41-28-43-35(27-37(41)44)34-17-9-12-20-42(34)47-43)33-23-21-29(22-24-33)32-25-38(30-13-5-3-6-14-30)45-39(26-32)31-15-7-4-8-16-31/h3-28H,1-2H3. The van der Waals surface area contributed by atoms with Crippen LogP contribution in [0, 0.1) is 0 Å². The van der Waals surface area contributed by atoms with Gasteiger partial charge in [-0.2, -0.15) is 0 Å². The lowest BCUT2D eigenvalue weighted by Gasteiger charge is -2.42. The van der Waals surface area contributed by atoms with Crippen LogP contribution >= 0.6 is 0 Å². The zero-order valence-corrected chi connectivity index (χ0v) is 26.3. The minimum atomic E-state index is -0.187. The second kappa shape index (κ2) is 10.6. The van der Waals surface area contributed by atoms with Gasteiger partial charge >= 0.3 is 0 Å². The van der Waals surface area contributed by atoms with Crippen molar-refractivity contribution in [1.82, 2.24) is 4.98 Å². The number of pyridine rings is 1. The third-order valence-corrected chi connectivity index (χ3v) is 9.65. The molecule has 0 spiro atoms. The van der Waals surface area contributed by atoms with E-state index < -0.39 is 0 Å². The molecule has 3 nitrogen and oxygen atoms in total. The number of nitrogens with zero attached hydrogens (tertiary/aromatic N) is 2. The van der Waals surface area contributed by atoms with Gasteiger partial charge in [0, 0.05) is 39.1 Å². The van der Waals surface area contributed by atoms with Gasteiger partial charge in [-0.1, -0.05) is 123 Å². The zero-order valence-electron chi connectivity index (χ0n) is 26.3. The van der Waals surface area contributed by atoms with Crippen molar-refractivity contribution < 1.29 is 4.42 Å². The minimum absolute atomic E-state index is 0.187. The Morgan fingerprint density at radius 1 is 0.468 bits per heavy atom. The summed E-state index contributed by atoms with van der Waals surface area (Å²) in [6.07, 6.45) is 0. The van der Waals surface area contributed by atoms with Gasteiger partial charge in [0.1, 0.15) is 11.2 Å². The summed E-state index contributed by atoms with van der Waals surface area (Å²) in [6, 6.07) is 55.9. The predicted molar refractivity (Wildman–Crippen MR) is 195 cm³/mol. The fourth-order valence-electron chi connectivity index (χ4n) is 7.21. The van der Waals surface area contributed by atoms with Gasteiger partial charge in [-0.15, -0.1) is 0 Å². The molecule has 9 rings (SSSR count). The molecule has 8 aromatic rings. The lowest BCUT2D eigenvalue weighted by molar-refractivity contribution is 0.630. The molecule has 224 valence electrons. The summed E-state index contributed by atoms with van der Waals surface area (Å²) in [5, 5.41) is 2.31. The van der Waals surface area contributed by atoms with Crippen molar-refractivity contribution in [3.05, 3.63) is 169 Å². The number of benzene rings is 6. The maximum atomic E-state index is 6.40. The summed E-state index contributed by atoms with van der Waals surface area (Å²) >= 11 is 0. The van der Waals surface area contributed by atoms with Gasteiger partial charge in [0.05, 0.1) is 22.8 Å². The van der Waals surface area contributed by atoms with Crippen LogP contribution in [0.1, 0.15) is 25.0 Å². The molecule has 6 aromatic carbocycles. The normalized spacial score (nSPS) is 13.4. The van der Waals surface area contributed by atoms with Crippen LogP contribution in [0.25, 0.3) is 55.6 Å². The molecule has 0 saturated carbocycles. The van der Waals surface area contributed by atoms with Crippen LogP contribution in [-0.2, 0) is 5.41 Å². The van der Waals surface area contributed by atoms with E-state index in [1.807, 2.05) is 18.2 Å². The number of furan rings is 1. The van der Waals surface area contributed by atoms with Crippen LogP contribution in [0.5, 0.6) is 0 Å². The number of fused-ring (bicyclic) bond motifs is 5. The molecule has 3 heteroatoms. The van der Waals surface area contributed by atoms with Gasteiger partial charge in [-0.25, -0.2) is 4.98 Å². The summed E-state index contributed by atoms with van der Waals surface area (Å²) in [5.74, 6) is 0. The molecule has 0 unspecified atom stereocenters. The second-order valence-electron chi connectivity index (χ2n) is 12.8. The van der Waals surface area contributed by atoms with Gasteiger partial charge in [0.15, 0.2) is 0 Å². The Balaban J connectivity index is 1.19. The first-order chi connectivity index (χ1) is 23.0. The topological polar surface area (TPSA) is 29.3 Å². The molecule has 0 atom stereocenters. The molecule has 0 fully saturated rings. The Kier molecular flexibility index (Phi) is 6.16. The average molecular weight is 605 g/mol. The van der Waals surface area contributed by atoms with E-state index in [0.29, 0.717) is 0 Å². The van der Waals surface area contributed by atoms with Crippen molar-refractivity contribution in [2.45, 2.75) is 19.3 Å². The Hall–Kier alpha value is -5.93. The smallest absolute Gasteiger partial charge is 0.137 e. The Bertz CT molecular complexity index is 2370. The predicted octanol–water partition coefficient (Wildman–Crippen LogP) is 12.1. The summed E-state index contributed by atoms with van der Waals surface area (Å²) in [6.45, 7) is 4.66. The molecule has 2 aromatic heterocycles. The summed E-state index contributed by atoms with van der Waals surface area (Å²) in [4.78, 5) is 7.47. The van der Waals surface area contributed by atoms with Gasteiger partial charge in [-0.3, -0.25) is 0 Å². The molecule has 0 saturated heterocycles. The van der Waals surface area contributed by atoms with E-state index in [4.69, 9.17) is 9.40 Å². The highest BCUT2D eigenvalue weighted by molar-refractivity contribution is 6.07. The van der Waals surface area contributed by atoms with E-state index in [0.717, 1.165) is 67.0 Å². The summed E-state index contributed by atoms with van der Waals surface area (Å²) in [7, 11) is 0. The Morgan fingerprint density at radius 3 is 1.79 bits per heavy atom. The van der Waals surface area contributed by atoms with Crippen LogP contribution in [0.4, 0.5) is 17.1 Å². The Labute approximate surface area is 274 Å².